The van der Waals surface area contributed by atoms with Crippen molar-refractivity contribution in [2.45, 2.75) is 6.92 Å². The third-order valence-corrected chi connectivity index (χ3v) is 3.53. The molecule has 0 aliphatic carbocycles. The average Bonchev–Trinajstić information content (AvgIpc) is 2.58. The van der Waals surface area contributed by atoms with Crippen LogP contribution in [0.2, 0.25) is 0 Å². The largest absolute Gasteiger partial charge is 0.484 e. The van der Waals surface area contributed by atoms with Gasteiger partial charge in [0.05, 0.1) is 19.7 Å². The number of hydrogen-bond donors (Lipinski definition) is 3. The van der Waals surface area contributed by atoms with E-state index in [9.17, 15) is 14.4 Å². The second-order valence-electron chi connectivity index (χ2n) is 4.85. The molecule has 9 heteroatoms. The van der Waals surface area contributed by atoms with Crippen molar-refractivity contribution in [1.82, 2.24) is 16.0 Å². The molecule has 0 atom stereocenters. The highest BCUT2D eigenvalue weighted by atomic mass is 127. The van der Waals surface area contributed by atoms with Crippen LogP contribution in [-0.4, -0.2) is 57.2 Å². The lowest BCUT2D eigenvalue weighted by Gasteiger charge is -2.09. The highest BCUT2D eigenvalue weighted by Gasteiger charge is 2.05. The second kappa shape index (κ2) is 12.5. The van der Waals surface area contributed by atoms with Gasteiger partial charge in [0.2, 0.25) is 5.91 Å². The van der Waals surface area contributed by atoms with Gasteiger partial charge in [0.25, 0.3) is 5.91 Å². The summed E-state index contributed by atoms with van der Waals surface area (Å²) in [4.78, 5) is 34.2. The van der Waals surface area contributed by atoms with Crippen molar-refractivity contribution >= 4 is 40.4 Å². The van der Waals surface area contributed by atoms with Crippen LogP contribution in [0.15, 0.2) is 24.3 Å². The molecule has 0 radical (unpaired) electrons. The number of hydrogen-bond acceptors (Lipinski definition) is 6. The highest BCUT2D eigenvalue weighted by molar-refractivity contribution is 14.1. The summed E-state index contributed by atoms with van der Waals surface area (Å²) < 4.78 is 11.1. The summed E-state index contributed by atoms with van der Waals surface area (Å²) in [5, 5.41) is 7.92. The van der Waals surface area contributed by atoms with Gasteiger partial charge in [0.1, 0.15) is 5.75 Å². The number of carbonyl (C=O) groups is 3. The van der Waals surface area contributed by atoms with Gasteiger partial charge in [0, 0.05) is 16.7 Å². The summed E-state index contributed by atoms with van der Waals surface area (Å²) >= 11 is 2.18. The number of ether oxygens (including phenoxy) is 2. The molecule has 1 aromatic carbocycles. The molecule has 0 saturated carbocycles. The van der Waals surface area contributed by atoms with Gasteiger partial charge in [-0.15, -0.1) is 0 Å². The lowest BCUT2D eigenvalue weighted by Crippen LogP contribution is -2.41. The van der Waals surface area contributed by atoms with Crippen molar-refractivity contribution in [1.29, 1.82) is 0 Å². The Morgan fingerprint density at radius 1 is 1.00 bits per heavy atom. The fraction of sp³-hybridized carbons (Fsp3) is 0.438. The van der Waals surface area contributed by atoms with E-state index in [1.807, 2.05) is 12.1 Å². The van der Waals surface area contributed by atoms with Crippen LogP contribution in [0.25, 0.3) is 0 Å². The summed E-state index contributed by atoms with van der Waals surface area (Å²) in [5.41, 5.74) is 0. The predicted molar refractivity (Wildman–Crippen MR) is 100 cm³/mol. The van der Waals surface area contributed by atoms with E-state index in [1.54, 1.807) is 19.1 Å². The lowest BCUT2D eigenvalue weighted by molar-refractivity contribution is -0.142. The number of benzene rings is 1. The number of halogens is 1. The Morgan fingerprint density at radius 2 is 1.64 bits per heavy atom. The first-order valence-electron chi connectivity index (χ1n) is 7.79. The van der Waals surface area contributed by atoms with Gasteiger partial charge in [-0.3, -0.25) is 19.7 Å². The fourth-order valence-corrected chi connectivity index (χ4v) is 2.05. The number of esters is 1. The van der Waals surface area contributed by atoms with Crippen LogP contribution in [0.3, 0.4) is 0 Å². The molecule has 0 aliphatic heterocycles. The molecule has 3 N–H and O–H groups in total. The van der Waals surface area contributed by atoms with Crippen molar-refractivity contribution in [3.63, 3.8) is 0 Å². The van der Waals surface area contributed by atoms with Gasteiger partial charge in [-0.2, -0.15) is 0 Å². The molecule has 0 aromatic heterocycles. The topological polar surface area (TPSA) is 106 Å². The Hall–Kier alpha value is -1.88. The van der Waals surface area contributed by atoms with E-state index in [4.69, 9.17) is 9.47 Å². The molecule has 0 aliphatic rings. The van der Waals surface area contributed by atoms with Crippen LogP contribution in [0.5, 0.6) is 5.75 Å². The van der Waals surface area contributed by atoms with Gasteiger partial charge in [-0.05, 0) is 53.8 Å². The molecule has 2 amide bonds. The van der Waals surface area contributed by atoms with Gasteiger partial charge in [0.15, 0.2) is 6.61 Å². The van der Waals surface area contributed by atoms with Gasteiger partial charge in [-0.25, -0.2) is 0 Å². The van der Waals surface area contributed by atoms with Crippen molar-refractivity contribution in [2.24, 2.45) is 0 Å². The van der Waals surface area contributed by atoms with Gasteiger partial charge < -0.3 is 20.1 Å². The maximum absolute atomic E-state index is 11.6. The summed E-state index contributed by atoms with van der Waals surface area (Å²) in [5.74, 6) is -0.325. The molecule has 0 heterocycles. The predicted octanol–water partition coefficient (Wildman–Crippen LogP) is 0.0551. The Morgan fingerprint density at radius 3 is 2.28 bits per heavy atom. The zero-order chi connectivity index (χ0) is 18.5. The van der Waals surface area contributed by atoms with Gasteiger partial charge in [-0.1, -0.05) is 0 Å². The minimum atomic E-state index is -0.407. The Labute approximate surface area is 160 Å². The Kier molecular flexibility index (Phi) is 10.6. The van der Waals surface area contributed by atoms with Crippen LogP contribution in [0, 0.1) is 3.57 Å². The van der Waals surface area contributed by atoms with E-state index < -0.39 is 5.97 Å². The molecule has 138 valence electrons. The average molecular weight is 463 g/mol. The SMILES string of the molecule is CCOC(=O)CNCC(=O)NCCNC(=O)COc1ccc(I)cc1. The fourth-order valence-electron chi connectivity index (χ4n) is 1.69. The molecule has 1 aromatic rings. The van der Waals surface area contributed by atoms with E-state index in [-0.39, 0.29) is 38.1 Å². The van der Waals surface area contributed by atoms with Crippen LogP contribution >= 0.6 is 22.6 Å². The molecule has 0 saturated heterocycles. The van der Waals surface area contributed by atoms with E-state index >= 15 is 0 Å². The van der Waals surface area contributed by atoms with E-state index in [2.05, 4.69) is 38.5 Å². The molecule has 0 bridgehead atoms. The quantitative estimate of drug-likeness (QED) is 0.244. The van der Waals surface area contributed by atoms with Crippen molar-refractivity contribution < 1.29 is 23.9 Å². The molecule has 25 heavy (non-hydrogen) atoms. The third-order valence-electron chi connectivity index (χ3n) is 2.81. The number of carbonyl (C=O) groups excluding carboxylic acids is 3. The zero-order valence-corrected chi connectivity index (χ0v) is 16.1. The van der Waals surface area contributed by atoms with Crippen LogP contribution < -0.4 is 20.7 Å². The lowest BCUT2D eigenvalue weighted by atomic mass is 10.3. The molecule has 1 rings (SSSR count). The number of rotatable bonds is 11. The maximum Gasteiger partial charge on any atom is 0.319 e. The van der Waals surface area contributed by atoms with Crippen molar-refractivity contribution in [3.05, 3.63) is 27.8 Å². The van der Waals surface area contributed by atoms with Crippen LogP contribution in [-0.2, 0) is 19.1 Å². The molecular weight excluding hydrogens is 441 g/mol. The normalized spacial score (nSPS) is 10.0. The minimum Gasteiger partial charge on any atom is -0.484 e. The van der Waals surface area contributed by atoms with Crippen LogP contribution in [0.1, 0.15) is 6.92 Å². The minimum absolute atomic E-state index is 0.00266. The maximum atomic E-state index is 11.6. The van der Waals surface area contributed by atoms with E-state index in [0.717, 1.165) is 3.57 Å². The second-order valence-corrected chi connectivity index (χ2v) is 6.10. The number of amides is 2. The molecule has 8 nitrogen and oxygen atoms in total. The summed E-state index contributed by atoms with van der Waals surface area (Å²) in [7, 11) is 0. The number of nitrogens with one attached hydrogen (secondary N) is 3. The van der Waals surface area contributed by atoms with Crippen molar-refractivity contribution in [2.75, 3.05) is 39.4 Å². The monoisotopic (exact) mass is 463 g/mol. The van der Waals surface area contributed by atoms with Gasteiger partial charge >= 0.3 is 5.97 Å². The van der Waals surface area contributed by atoms with E-state index in [0.29, 0.717) is 18.9 Å². The zero-order valence-electron chi connectivity index (χ0n) is 14.0. The standard InChI is InChI=1S/C16H22IN3O5/c1-2-24-16(23)10-18-9-14(21)19-7-8-20-15(22)11-25-13-5-3-12(17)4-6-13/h3-6,18H,2,7-11H2,1H3,(H,19,21)(H,20,22). The molecule has 0 fully saturated rings. The van der Waals surface area contributed by atoms with E-state index in [1.165, 1.54) is 0 Å². The van der Waals surface area contributed by atoms with Crippen LogP contribution in [0.4, 0.5) is 0 Å². The van der Waals surface area contributed by atoms with Crippen molar-refractivity contribution in [3.8, 4) is 5.75 Å². The smallest absolute Gasteiger partial charge is 0.319 e. The summed E-state index contributed by atoms with van der Waals surface area (Å²) in [6, 6.07) is 7.36. The molecule has 0 unspecified atom stereocenters. The third kappa shape index (κ3) is 10.6. The summed E-state index contributed by atoms with van der Waals surface area (Å²) in [6.45, 7) is 2.49. The highest BCUT2D eigenvalue weighted by Crippen LogP contribution is 2.12. The first-order valence-corrected chi connectivity index (χ1v) is 8.87. The first-order chi connectivity index (χ1) is 12.0. The molecule has 0 spiro atoms. The summed E-state index contributed by atoms with van der Waals surface area (Å²) in [6.07, 6.45) is 0. The first kappa shape index (κ1) is 21.2. The molecular formula is C16H22IN3O5. The Balaban J connectivity index is 2.04. The Bertz CT molecular complexity index is 565.